The van der Waals surface area contributed by atoms with E-state index in [1.165, 1.54) is 0 Å². The smallest absolute Gasteiger partial charge is 0.311 e. The first kappa shape index (κ1) is 43.1. The normalized spacial score (nSPS) is 26.4. The first-order valence-electron chi connectivity index (χ1n) is 18.4. The first-order valence-corrected chi connectivity index (χ1v) is 18.4. The number of carbonyl (C=O) groups is 3. The van der Waals surface area contributed by atoms with Crippen molar-refractivity contribution in [1.82, 2.24) is 0 Å². The molecule has 0 N–H and O–H groups in total. The van der Waals surface area contributed by atoms with Gasteiger partial charge in [0, 0.05) is 0 Å². The van der Waals surface area contributed by atoms with Crippen LogP contribution in [0.1, 0.15) is 73.4 Å². The molecular formula is C42H58O12. The molecule has 0 unspecified atom stereocenters. The second-order valence-electron chi connectivity index (χ2n) is 16.7. The van der Waals surface area contributed by atoms with Gasteiger partial charge in [0.05, 0.1) is 49.3 Å². The van der Waals surface area contributed by atoms with Crippen LogP contribution < -0.4 is 0 Å². The minimum atomic E-state index is -1.38. The van der Waals surface area contributed by atoms with E-state index in [2.05, 4.69) is 6.58 Å². The largest absolute Gasteiger partial charge is 0.455 e. The Morgan fingerprint density at radius 3 is 1.57 bits per heavy atom. The van der Waals surface area contributed by atoms with Gasteiger partial charge in [0.15, 0.2) is 30.9 Å². The van der Waals surface area contributed by atoms with Crippen molar-refractivity contribution in [2.75, 3.05) is 19.8 Å². The maximum absolute atomic E-state index is 13.6. The number of hydrogen-bond acceptors (Lipinski definition) is 12. The lowest BCUT2D eigenvalue weighted by Gasteiger charge is -2.46. The fourth-order valence-electron chi connectivity index (χ4n) is 5.38. The quantitative estimate of drug-likeness (QED) is 0.121. The summed E-state index contributed by atoms with van der Waals surface area (Å²) in [6.07, 6.45) is -7.02. The summed E-state index contributed by atoms with van der Waals surface area (Å²) in [6, 6.07) is 19.2. The molecular weight excluding hydrogens is 696 g/mol. The molecule has 54 heavy (non-hydrogen) atoms. The molecule has 0 aromatic heterocycles. The fourth-order valence-corrected chi connectivity index (χ4v) is 5.38. The summed E-state index contributed by atoms with van der Waals surface area (Å²) in [4.78, 5) is 40.3. The fraction of sp³-hybridized carbons (Fsp3) is 0.595. The number of rotatable bonds is 14. The van der Waals surface area contributed by atoms with Crippen molar-refractivity contribution < 1.29 is 57.0 Å². The molecule has 2 aromatic carbocycles. The van der Waals surface area contributed by atoms with Crippen LogP contribution in [-0.4, -0.2) is 86.9 Å². The molecule has 298 valence electrons. The van der Waals surface area contributed by atoms with Crippen LogP contribution >= 0.6 is 0 Å². The Balaban J connectivity index is 1.76. The van der Waals surface area contributed by atoms with Crippen molar-refractivity contribution in [1.29, 1.82) is 0 Å². The molecule has 12 heteroatoms. The molecule has 8 atom stereocenters. The van der Waals surface area contributed by atoms with Gasteiger partial charge in [-0.2, -0.15) is 0 Å². The van der Waals surface area contributed by atoms with E-state index < -0.39 is 83.4 Å². The summed E-state index contributed by atoms with van der Waals surface area (Å²) in [5.41, 5.74) is -0.988. The van der Waals surface area contributed by atoms with Crippen LogP contribution in [0.25, 0.3) is 0 Å². The zero-order valence-electron chi connectivity index (χ0n) is 33.1. The van der Waals surface area contributed by atoms with Gasteiger partial charge in [-0.05, 0) is 73.4 Å². The van der Waals surface area contributed by atoms with E-state index >= 15 is 0 Å². The Bertz CT molecular complexity index is 1510. The van der Waals surface area contributed by atoms with Gasteiger partial charge in [-0.15, -0.1) is 6.58 Å². The van der Waals surface area contributed by atoms with Gasteiger partial charge < -0.3 is 42.6 Å². The minimum Gasteiger partial charge on any atom is -0.455 e. The van der Waals surface area contributed by atoms with Crippen molar-refractivity contribution in [3.8, 4) is 0 Å². The van der Waals surface area contributed by atoms with Gasteiger partial charge in [0.25, 0.3) is 0 Å². The highest BCUT2D eigenvalue weighted by Gasteiger charge is 2.53. The van der Waals surface area contributed by atoms with Crippen molar-refractivity contribution in [2.24, 2.45) is 16.2 Å². The van der Waals surface area contributed by atoms with Crippen LogP contribution in [0, 0.1) is 16.2 Å². The Labute approximate surface area is 319 Å². The first-order chi connectivity index (χ1) is 25.4. The number of hydrogen-bond donors (Lipinski definition) is 0. The third-order valence-electron chi connectivity index (χ3n) is 8.61. The molecule has 0 bridgehead atoms. The predicted octanol–water partition coefficient (Wildman–Crippen LogP) is 6.33. The van der Waals surface area contributed by atoms with Crippen LogP contribution in [-0.2, 0) is 70.2 Å². The highest BCUT2D eigenvalue weighted by molar-refractivity contribution is 5.77. The maximum Gasteiger partial charge on any atom is 0.311 e. The molecule has 0 saturated carbocycles. The van der Waals surface area contributed by atoms with E-state index in [0.717, 1.165) is 11.1 Å². The Hall–Kier alpha value is -3.65. The lowest BCUT2D eigenvalue weighted by Crippen LogP contribution is -2.63. The van der Waals surface area contributed by atoms with Crippen LogP contribution in [0.5, 0.6) is 0 Å². The Morgan fingerprint density at radius 1 is 0.593 bits per heavy atom. The van der Waals surface area contributed by atoms with E-state index in [0.29, 0.717) is 0 Å². The summed E-state index contributed by atoms with van der Waals surface area (Å²) in [5.74, 6) is -1.76. The Kier molecular flexibility index (Phi) is 15.0. The SMILES string of the molecule is C=CCO[C@H]1OC[C@@H](OCc2ccccc2)[C@H](O[C@@H]2OC[C@@H](OC(=O)C(C)(C)C)[C@H](OC(=O)C(C)(C)C)[C@H]2OC(=O)C(C)(C)C)[C@H]1OCc1ccccc1. The number of esters is 3. The van der Waals surface area contributed by atoms with E-state index in [4.69, 9.17) is 42.6 Å². The molecule has 2 saturated heterocycles. The summed E-state index contributed by atoms with van der Waals surface area (Å²) < 4.78 is 56.5. The maximum atomic E-state index is 13.6. The highest BCUT2D eigenvalue weighted by Crippen LogP contribution is 2.34. The second-order valence-corrected chi connectivity index (χ2v) is 16.7. The molecule has 0 amide bonds. The lowest BCUT2D eigenvalue weighted by atomic mass is 9.95. The average Bonchev–Trinajstić information content (AvgIpc) is 3.11. The summed E-state index contributed by atoms with van der Waals surface area (Å²) in [6.45, 7) is 19.5. The molecule has 2 aliphatic rings. The second kappa shape index (κ2) is 18.8. The number of ether oxygens (including phenoxy) is 9. The monoisotopic (exact) mass is 754 g/mol. The standard InChI is InChI=1S/C42H58O12/c1-11-22-46-35-33(48-24-28-20-16-13-17-21-28)31(29(25-49-35)47-23-27-18-14-12-15-19-27)52-36-34(54-39(45)42(8,9)10)32(53-38(44)41(5,6)7)30(26-50-36)51-37(43)40(2,3)4/h11-21,29-36H,1,22-26H2,2-10H3/t29-,30-,31+,32+,33-,34-,35+,36+/m1/s1. The third kappa shape index (κ3) is 12.2. The lowest BCUT2D eigenvalue weighted by molar-refractivity contribution is -0.346. The zero-order chi connectivity index (χ0) is 39.7. The molecule has 4 rings (SSSR count). The van der Waals surface area contributed by atoms with Gasteiger partial charge in [-0.25, -0.2) is 0 Å². The van der Waals surface area contributed by atoms with Crippen LogP contribution in [0.15, 0.2) is 73.3 Å². The molecule has 2 aliphatic heterocycles. The van der Waals surface area contributed by atoms with Crippen molar-refractivity contribution >= 4 is 17.9 Å². The highest BCUT2D eigenvalue weighted by atomic mass is 16.8. The predicted molar refractivity (Wildman–Crippen MR) is 199 cm³/mol. The Morgan fingerprint density at radius 2 is 1.06 bits per heavy atom. The minimum absolute atomic E-state index is 0.0535. The zero-order valence-corrected chi connectivity index (χ0v) is 33.1. The van der Waals surface area contributed by atoms with E-state index in [9.17, 15) is 14.4 Å². The van der Waals surface area contributed by atoms with E-state index in [1.54, 1.807) is 68.4 Å². The van der Waals surface area contributed by atoms with Gasteiger partial charge in [-0.1, -0.05) is 66.7 Å². The average molecular weight is 755 g/mol. The summed E-state index contributed by atoms with van der Waals surface area (Å²) in [5, 5.41) is 0. The van der Waals surface area contributed by atoms with Crippen molar-refractivity contribution in [2.45, 2.75) is 125 Å². The number of benzene rings is 2. The molecule has 2 fully saturated rings. The number of carbonyl (C=O) groups excluding carboxylic acids is 3. The molecule has 2 aromatic rings. The van der Waals surface area contributed by atoms with Crippen LogP contribution in [0.3, 0.4) is 0 Å². The molecule has 2 heterocycles. The van der Waals surface area contributed by atoms with Gasteiger partial charge in [0.2, 0.25) is 0 Å². The van der Waals surface area contributed by atoms with Crippen molar-refractivity contribution in [3.63, 3.8) is 0 Å². The molecule has 0 radical (unpaired) electrons. The molecule has 0 aliphatic carbocycles. The molecule has 0 spiro atoms. The topological polar surface area (TPSA) is 134 Å². The third-order valence-corrected chi connectivity index (χ3v) is 8.61. The van der Waals surface area contributed by atoms with Crippen LogP contribution in [0.4, 0.5) is 0 Å². The van der Waals surface area contributed by atoms with Gasteiger partial charge in [0.1, 0.15) is 18.3 Å². The van der Waals surface area contributed by atoms with Gasteiger partial charge >= 0.3 is 17.9 Å². The molecule has 12 nitrogen and oxygen atoms in total. The van der Waals surface area contributed by atoms with E-state index in [-0.39, 0.29) is 33.0 Å². The summed E-state index contributed by atoms with van der Waals surface area (Å²) >= 11 is 0. The van der Waals surface area contributed by atoms with Gasteiger partial charge in [-0.3, -0.25) is 14.4 Å². The summed E-state index contributed by atoms with van der Waals surface area (Å²) in [7, 11) is 0. The van der Waals surface area contributed by atoms with E-state index in [1.807, 2.05) is 60.7 Å². The van der Waals surface area contributed by atoms with Crippen molar-refractivity contribution in [3.05, 3.63) is 84.4 Å². The van der Waals surface area contributed by atoms with Crippen LogP contribution in [0.2, 0.25) is 0 Å².